The molecular formula is C113H175Cl3N6O18. The second kappa shape index (κ2) is 77.5. The number of hydrogen-bond donors (Lipinski definition) is 9. The van der Waals surface area contributed by atoms with Crippen molar-refractivity contribution >= 4 is 34.8 Å². The summed E-state index contributed by atoms with van der Waals surface area (Å²) in [6.45, 7) is 60.4. The smallest absolute Gasteiger partial charge is 0.330 e. The fraction of sp³-hybridized carbons (Fsp3) is 0.522. The molecule has 3 aromatic heterocycles. The van der Waals surface area contributed by atoms with E-state index < -0.39 is 112 Å². The summed E-state index contributed by atoms with van der Waals surface area (Å²) in [6, 6.07) is 57.9. The molecule has 786 valence electrons. The summed E-state index contributed by atoms with van der Waals surface area (Å²) in [7, 11) is 0. The molecule has 7 aromatic carbocycles. The first-order chi connectivity index (χ1) is 67.8. The zero-order chi connectivity index (χ0) is 107. The summed E-state index contributed by atoms with van der Waals surface area (Å²) in [5, 5.41) is 64.7. The van der Waals surface area contributed by atoms with E-state index in [0.29, 0.717) is 18.4 Å². The summed E-state index contributed by atoms with van der Waals surface area (Å²) in [5.41, 5.74) is 7.73. The number of fused-ring (bicyclic) bond motifs is 4. The van der Waals surface area contributed by atoms with Crippen LogP contribution in [-0.2, 0) is 66.7 Å². The summed E-state index contributed by atoms with van der Waals surface area (Å²) in [5.74, 6) is 2.45. The number of aromatic amines is 3. The minimum absolute atomic E-state index is 0.158. The van der Waals surface area contributed by atoms with E-state index in [4.69, 9.17) is 63.2 Å². The standard InChI is InChI=1S/C24H24N2O6.C23H22N2O6.C18H20N2O6.2C7H8.3C4H9Cl.11C2H6/c1-14-9-16-13-31-24(11-18(16)17(10-14)15-5-3-2-4-6-15)19(12-27)32-22(21(24)29)26-8-7-20(28)25-23(26)30;1-13-9-15-11-31-23(19(15)16(10-13)14-5-3-2-4-6-14)17(26)12-30-21(20(23)28)25-8-7-18(27)24-22(25)29;1-10-2-3-11-7-18(25-9-12(11)6-10)13(8-21)26-16(15(18)23)20-5-4-14(22)19-17(20)24;2*1-7-5-3-2-4-6-7;3*1-2-3-4-5;11*1-2/h2-10,19,21-22,27,29H,11-13H2,1H3,(H,25,28,30);2-10,17,20-21,26,28H,11-12H2,1H3,(H,24,27,29);2-6,13,15-16,21,23H,7-9H2,1H3,(H,19,22,24);2*2-6H,1H3;3*2-4H2,1H3;11*1-2H3/t19-,21+,22-,24-;17-,20+,21-,23+;13-,15+,16-,18-;;;;;;;;;;;;;;;;/m111................/s1. The lowest BCUT2D eigenvalue weighted by molar-refractivity contribution is -0.279. The number of rotatable bonds is 13. The number of nitrogens with zero attached hydrogens (tertiary/aromatic N) is 3. The van der Waals surface area contributed by atoms with Gasteiger partial charge in [-0.05, 0) is 104 Å². The predicted molar refractivity (Wildman–Crippen MR) is 582 cm³/mol. The van der Waals surface area contributed by atoms with Gasteiger partial charge in [0.15, 0.2) is 24.3 Å². The van der Waals surface area contributed by atoms with Crippen LogP contribution in [0, 0.1) is 34.6 Å². The number of H-pyrrole nitrogens is 3. The predicted octanol–water partition coefficient (Wildman–Crippen LogP) is 23.4. The number of aliphatic hydroxyl groups excluding tert-OH is 6. The highest BCUT2D eigenvalue weighted by Crippen LogP contribution is 2.53. The molecule has 9 heterocycles. The van der Waals surface area contributed by atoms with Gasteiger partial charge in [-0.1, -0.05) is 384 Å². The summed E-state index contributed by atoms with van der Waals surface area (Å²) in [4.78, 5) is 77.5. The van der Waals surface area contributed by atoms with Gasteiger partial charge in [0.25, 0.3) is 16.7 Å². The Morgan fingerprint density at radius 3 is 1.03 bits per heavy atom. The summed E-state index contributed by atoms with van der Waals surface area (Å²) >= 11 is 15.9. The van der Waals surface area contributed by atoms with Crippen LogP contribution >= 0.6 is 34.8 Å². The van der Waals surface area contributed by atoms with Crippen LogP contribution in [0.5, 0.6) is 0 Å². The number of hydrogen-bond acceptors (Lipinski definition) is 18. The Bertz CT molecular complexity index is 5160. The Morgan fingerprint density at radius 1 is 0.357 bits per heavy atom. The Kier molecular flexibility index (Phi) is 74.8. The number of aryl methyl sites for hydroxylation is 5. The number of nitrogens with one attached hydrogen (secondary N) is 3. The second-order valence-corrected chi connectivity index (χ2v) is 30.8. The monoisotopic (exact) mass is 2010 g/mol. The van der Waals surface area contributed by atoms with Gasteiger partial charge in [-0.15, -0.1) is 34.8 Å². The molecule has 16 rings (SSSR count). The van der Waals surface area contributed by atoms with E-state index in [2.05, 4.69) is 86.0 Å². The number of aromatic nitrogens is 6. The van der Waals surface area contributed by atoms with Crippen molar-refractivity contribution in [1.29, 1.82) is 0 Å². The third-order valence-electron chi connectivity index (χ3n) is 21.1. The minimum Gasteiger partial charge on any atom is -0.394 e. The molecule has 0 radical (unpaired) electrons. The van der Waals surface area contributed by atoms with Crippen LogP contribution in [0.3, 0.4) is 0 Å². The first-order valence-corrected chi connectivity index (χ1v) is 52.3. The number of benzene rings is 7. The maximum absolute atomic E-state index is 12.4. The van der Waals surface area contributed by atoms with Crippen molar-refractivity contribution in [2.45, 2.75) is 351 Å². The molecule has 9 N–H and O–H groups in total. The zero-order valence-electron chi connectivity index (χ0n) is 89.8. The van der Waals surface area contributed by atoms with E-state index in [9.17, 15) is 59.4 Å². The highest BCUT2D eigenvalue weighted by Gasteiger charge is 2.62. The van der Waals surface area contributed by atoms with Crippen LogP contribution in [0.4, 0.5) is 0 Å². The van der Waals surface area contributed by atoms with Crippen molar-refractivity contribution in [3.05, 3.63) is 324 Å². The van der Waals surface area contributed by atoms with Gasteiger partial charge in [0.2, 0.25) is 0 Å². The van der Waals surface area contributed by atoms with Crippen molar-refractivity contribution in [2.75, 3.05) is 37.5 Å². The van der Waals surface area contributed by atoms with Gasteiger partial charge in [-0.25, -0.2) is 14.4 Å². The lowest BCUT2D eigenvalue weighted by Crippen LogP contribution is -2.60. The highest BCUT2D eigenvalue weighted by molar-refractivity contribution is 6.18. The maximum Gasteiger partial charge on any atom is 0.330 e. The molecule has 10 aromatic rings. The first-order valence-electron chi connectivity index (χ1n) is 50.7. The van der Waals surface area contributed by atoms with Gasteiger partial charge in [0.1, 0.15) is 47.8 Å². The zero-order valence-corrected chi connectivity index (χ0v) is 92.1. The Hall–Kier alpha value is -9.03. The van der Waals surface area contributed by atoms with E-state index in [0.717, 1.165) is 117 Å². The van der Waals surface area contributed by atoms with Crippen LogP contribution in [0.15, 0.2) is 229 Å². The van der Waals surface area contributed by atoms with Crippen molar-refractivity contribution in [1.82, 2.24) is 28.7 Å². The fourth-order valence-corrected chi connectivity index (χ4v) is 15.7. The molecule has 0 aliphatic carbocycles. The van der Waals surface area contributed by atoms with E-state index in [1.807, 2.05) is 300 Å². The van der Waals surface area contributed by atoms with Crippen molar-refractivity contribution < 1.29 is 59.1 Å². The number of halogens is 3. The van der Waals surface area contributed by atoms with Crippen LogP contribution in [0.1, 0.15) is 292 Å². The summed E-state index contributed by atoms with van der Waals surface area (Å²) in [6.07, 6.45) is 1.54. The average molecular weight is 2010 g/mol. The summed E-state index contributed by atoms with van der Waals surface area (Å²) < 4.78 is 39.0. The average Bonchev–Trinajstić information content (AvgIpc) is 1.54. The van der Waals surface area contributed by atoms with E-state index in [-0.39, 0.29) is 33.0 Å². The molecule has 6 aliphatic rings. The second-order valence-electron chi connectivity index (χ2n) is 29.7. The molecule has 0 saturated carbocycles. The molecule has 12 atom stereocenters. The Labute approximate surface area is 852 Å². The van der Waals surface area contributed by atoms with Crippen LogP contribution < -0.4 is 33.7 Å². The lowest BCUT2D eigenvalue weighted by Gasteiger charge is -2.46. The molecule has 0 unspecified atom stereocenters. The molecular weight excluding hydrogens is 1840 g/mol. The fourth-order valence-electron chi connectivity index (χ4n) is 14.9. The van der Waals surface area contributed by atoms with Crippen LogP contribution in [-0.4, -0.2) is 145 Å². The molecule has 27 heteroatoms. The number of aliphatic hydroxyl groups is 6. The third kappa shape index (κ3) is 39.3. The molecule has 0 bridgehead atoms. The van der Waals surface area contributed by atoms with Gasteiger partial charge < -0.3 is 59.1 Å². The molecule has 3 spiro atoms. The van der Waals surface area contributed by atoms with Crippen molar-refractivity contribution in [3.8, 4) is 22.3 Å². The highest BCUT2D eigenvalue weighted by atomic mass is 35.5. The van der Waals surface area contributed by atoms with Crippen LogP contribution in [0.25, 0.3) is 22.3 Å². The molecule has 24 nitrogen and oxygen atoms in total. The minimum atomic E-state index is -1.49. The number of unbranched alkanes of at least 4 members (excludes halogenated alkanes) is 3. The van der Waals surface area contributed by atoms with Gasteiger partial charge in [-0.2, -0.15) is 0 Å². The molecule has 0 amide bonds. The van der Waals surface area contributed by atoms with E-state index in [1.54, 1.807) is 0 Å². The first kappa shape index (κ1) is 135. The SMILES string of the molecule is CC.CC.CC.CC.CC.CC.CC.CC.CC.CC.CC.CCCCCl.CCCCCl.CCCCCl.Cc1cc2c(c(-c3ccccc3)c1)C[C@@]1(OC2)[C@@H](CO)O[C@@H](n2ccc(=O)[nH]c2=O)[C@@H]1O.Cc1cc2c(c(-c3ccccc3)c1)[C@@]1(OC2)[C@H](O)CO[C@@H](n2ccc(=O)[nH]c2=O)[C@@H]1O.Cc1ccc2c(c1)CO[C@]1(C2)[C@@H](CO)O[C@@H](n2ccc(=O)[nH]c2=O)[C@@H]1O.Cc1ccccc1.Cc1ccccc1. The Balaban J connectivity index is -0.00000162. The van der Waals surface area contributed by atoms with Gasteiger partial charge in [0, 0.05) is 72.8 Å². The normalized spacial score (nSPS) is 20.1. The maximum atomic E-state index is 12.4. The Morgan fingerprint density at radius 2 is 0.686 bits per heavy atom. The topological polar surface area (TPSA) is 341 Å². The van der Waals surface area contributed by atoms with Gasteiger partial charge in [0.05, 0.1) is 39.6 Å². The largest absolute Gasteiger partial charge is 0.394 e. The van der Waals surface area contributed by atoms with Crippen molar-refractivity contribution in [3.63, 3.8) is 0 Å². The van der Waals surface area contributed by atoms with Crippen molar-refractivity contribution in [2.24, 2.45) is 0 Å². The number of alkyl halides is 3. The number of ether oxygens (including phenoxy) is 6. The lowest BCUT2D eigenvalue weighted by atomic mass is 9.76. The molecule has 3 saturated heterocycles. The van der Waals surface area contributed by atoms with Crippen LogP contribution in [0.2, 0.25) is 0 Å². The van der Waals surface area contributed by atoms with Gasteiger partial charge in [-0.3, -0.25) is 43.0 Å². The quantitative estimate of drug-likeness (QED) is 0.0484. The van der Waals surface area contributed by atoms with E-state index >= 15 is 0 Å². The molecule has 140 heavy (non-hydrogen) atoms. The van der Waals surface area contributed by atoms with E-state index in [1.165, 1.54) is 67.2 Å². The third-order valence-corrected chi connectivity index (χ3v) is 21.9. The molecule has 3 fully saturated rings. The van der Waals surface area contributed by atoms with Gasteiger partial charge >= 0.3 is 17.1 Å². The molecule has 6 aliphatic heterocycles.